The van der Waals surface area contributed by atoms with E-state index in [1.165, 1.54) is 55.3 Å². The molecule has 0 aliphatic heterocycles. The Morgan fingerprint density at radius 3 is 1.75 bits per heavy atom. The van der Waals surface area contributed by atoms with Crippen molar-refractivity contribution >= 4 is 49.8 Å². The van der Waals surface area contributed by atoms with Gasteiger partial charge in [0.05, 0.1) is 0 Å². The molecule has 11 rings (SSSR count). The van der Waals surface area contributed by atoms with Gasteiger partial charge < -0.3 is 9.32 Å². The fourth-order valence-corrected chi connectivity index (χ4v) is 9.30. The molecule has 10 aromatic rings. The number of hydrogen-bond acceptors (Lipinski definition) is 2. The van der Waals surface area contributed by atoms with E-state index in [0.717, 1.165) is 50.1 Å². The van der Waals surface area contributed by atoms with Crippen molar-refractivity contribution in [3.63, 3.8) is 0 Å². The first-order valence-electron chi connectivity index (χ1n) is 19.8. The van der Waals surface area contributed by atoms with E-state index >= 15 is 0 Å². The van der Waals surface area contributed by atoms with Gasteiger partial charge in [-0.3, -0.25) is 0 Å². The Hall–Kier alpha value is -7.16. The fourth-order valence-electron chi connectivity index (χ4n) is 9.30. The molecule has 0 amide bonds. The van der Waals surface area contributed by atoms with Crippen LogP contribution >= 0.6 is 0 Å². The molecule has 2 heteroatoms. The summed E-state index contributed by atoms with van der Waals surface area (Å²) >= 11 is 0. The third-order valence-electron chi connectivity index (χ3n) is 12.1. The van der Waals surface area contributed by atoms with Crippen LogP contribution < -0.4 is 4.90 Å². The summed E-state index contributed by atoms with van der Waals surface area (Å²) in [7, 11) is 0. The molecule has 0 saturated carbocycles. The molecule has 0 bridgehead atoms. The number of furan rings is 1. The molecule has 0 radical (unpaired) electrons. The molecule has 0 saturated heterocycles. The average Bonchev–Trinajstić information content (AvgIpc) is 3.76. The zero-order valence-electron chi connectivity index (χ0n) is 31.9. The highest BCUT2D eigenvalue weighted by Gasteiger charge is 2.35. The van der Waals surface area contributed by atoms with Gasteiger partial charge in [-0.2, -0.15) is 0 Å². The lowest BCUT2D eigenvalue weighted by atomic mass is 9.82. The lowest BCUT2D eigenvalue weighted by Crippen LogP contribution is -2.16. The number of anilines is 3. The Bertz CT molecular complexity index is 3140. The molecule has 0 spiro atoms. The van der Waals surface area contributed by atoms with E-state index in [2.05, 4.69) is 219 Å². The van der Waals surface area contributed by atoms with Crippen LogP contribution in [0.1, 0.15) is 25.0 Å². The van der Waals surface area contributed by atoms with Crippen molar-refractivity contribution in [1.29, 1.82) is 0 Å². The van der Waals surface area contributed by atoms with E-state index in [1.807, 2.05) is 0 Å². The first-order chi connectivity index (χ1) is 28.0. The smallest absolute Gasteiger partial charge is 0.136 e. The Kier molecular flexibility index (Phi) is 7.55. The molecular weight excluding hydrogens is 691 g/mol. The number of benzene rings is 9. The van der Waals surface area contributed by atoms with E-state index in [9.17, 15) is 0 Å². The molecule has 0 N–H and O–H groups in total. The van der Waals surface area contributed by atoms with Gasteiger partial charge in [-0.05, 0) is 115 Å². The summed E-state index contributed by atoms with van der Waals surface area (Å²) in [5.41, 5.74) is 17.4. The summed E-state index contributed by atoms with van der Waals surface area (Å²) in [6, 6.07) is 72.5. The highest BCUT2D eigenvalue weighted by atomic mass is 16.3. The van der Waals surface area contributed by atoms with Gasteiger partial charge >= 0.3 is 0 Å². The summed E-state index contributed by atoms with van der Waals surface area (Å²) < 4.78 is 6.68. The maximum atomic E-state index is 6.68. The van der Waals surface area contributed by atoms with E-state index < -0.39 is 0 Å². The molecule has 9 aromatic carbocycles. The maximum Gasteiger partial charge on any atom is 0.136 e. The van der Waals surface area contributed by atoms with Crippen LogP contribution in [0.25, 0.3) is 77.2 Å². The van der Waals surface area contributed by atoms with Gasteiger partial charge in [-0.25, -0.2) is 0 Å². The minimum Gasteiger partial charge on any atom is -0.456 e. The Labute approximate surface area is 332 Å². The second-order valence-electron chi connectivity index (χ2n) is 15.7. The predicted molar refractivity (Wildman–Crippen MR) is 240 cm³/mol. The standard InChI is InChI=1S/C55H39NO/c1-55(2)49-25-12-11-22-45(49)46-32-31-42(34-50(46)55)56(41-20-13-19-39(33-41)36-15-5-3-6-16-36)40-29-27-38(28-30-40)43-24-14-26-51-53(43)54-47-23-10-9-21-44(47)48(35-52(54)57-51)37-17-7-4-8-18-37/h3-35H,1-2H3. The molecule has 1 heterocycles. The highest BCUT2D eigenvalue weighted by Crippen LogP contribution is 2.51. The SMILES string of the molecule is CC1(C)c2ccccc2-c2ccc(N(c3ccc(-c4cccc5oc6cc(-c7ccccc7)c7ccccc7c6c45)cc3)c3cccc(-c4ccccc4)c3)cc21. The molecule has 1 aliphatic rings. The van der Waals surface area contributed by atoms with Crippen LogP contribution in [0.5, 0.6) is 0 Å². The van der Waals surface area contributed by atoms with Crippen LogP contribution in [0, 0.1) is 0 Å². The Morgan fingerprint density at radius 2 is 0.947 bits per heavy atom. The van der Waals surface area contributed by atoms with Crippen molar-refractivity contribution in [2.75, 3.05) is 4.90 Å². The zero-order valence-corrected chi connectivity index (χ0v) is 31.9. The van der Waals surface area contributed by atoms with Crippen LogP contribution in [-0.4, -0.2) is 0 Å². The van der Waals surface area contributed by atoms with Crippen molar-refractivity contribution < 1.29 is 4.42 Å². The summed E-state index contributed by atoms with van der Waals surface area (Å²) in [6.07, 6.45) is 0. The number of rotatable bonds is 6. The molecule has 270 valence electrons. The van der Waals surface area contributed by atoms with Crippen LogP contribution in [0.3, 0.4) is 0 Å². The van der Waals surface area contributed by atoms with E-state index in [4.69, 9.17) is 4.42 Å². The zero-order chi connectivity index (χ0) is 38.1. The minimum atomic E-state index is -0.110. The first kappa shape index (κ1) is 33.2. The molecule has 1 aliphatic carbocycles. The topological polar surface area (TPSA) is 16.4 Å². The lowest BCUT2D eigenvalue weighted by molar-refractivity contribution is 0.660. The van der Waals surface area contributed by atoms with Gasteiger partial charge in [-0.1, -0.05) is 166 Å². The van der Waals surface area contributed by atoms with Gasteiger partial charge in [0.2, 0.25) is 0 Å². The van der Waals surface area contributed by atoms with Gasteiger partial charge in [0.1, 0.15) is 11.2 Å². The third-order valence-corrected chi connectivity index (χ3v) is 12.1. The monoisotopic (exact) mass is 729 g/mol. The quantitative estimate of drug-likeness (QED) is 0.169. The van der Waals surface area contributed by atoms with Crippen LogP contribution in [-0.2, 0) is 5.41 Å². The number of hydrogen-bond donors (Lipinski definition) is 0. The highest BCUT2D eigenvalue weighted by molar-refractivity contribution is 6.25. The molecule has 0 fully saturated rings. The number of nitrogens with zero attached hydrogens (tertiary/aromatic N) is 1. The van der Waals surface area contributed by atoms with Gasteiger partial charge in [0.15, 0.2) is 0 Å². The molecule has 0 unspecified atom stereocenters. The van der Waals surface area contributed by atoms with Gasteiger partial charge in [0, 0.05) is 33.2 Å². The van der Waals surface area contributed by atoms with Gasteiger partial charge in [-0.15, -0.1) is 0 Å². The molecule has 57 heavy (non-hydrogen) atoms. The van der Waals surface area contributed by atoms with Gasteiger partial charge in [0.25, 0.3) is 0 Å². The Morgan fingerprint density at radius 1 is 0.351 bits per heavy atom. The summed E-state index contributed by atoms with van der Waals surface area (Å²) in [4.78, 5) is 2.40. The molecule has 0 atom stereocenters. The van der Waals surface area contributed by atoms with E-state index in [-0.39, 0.29) is 5.41 Å². The fraction of sp³-hybridized carbons (Fsp3) is 0.0545. The lowest BCUT2D eigenvalue weighted by Gasteiger charge is -2.28. The maximum absolute atomic E-state index is 6.68. The first-order valence-corrected chi connectivity index (χ1v) is 19.8. The largest absolute Gasteiger partial charge is 0.456 e. The van der Waals surface area contributed by atoms with Crippen molar-refractivity contribution in [2.45, 2.75) is 19.3 Å². The predicted octanol–water partition coefficient (Wildman–Crippen LogP) is 15.5. The van der Waals surface area contributed by atoms with Crippen molar-refractivity contribution in [3.05, 3.63) is 211 Å². The van der Waals surface area contributed by atoms with Crippen LogP contribution in [0.15, 0.2) is 205 Å². The molecule has 1 aromatic heterocycles. The Balaban J connectivity index is 1.06. The summed E-state index contributed by atoms with van der Waals surface area (Å²) in [6.45, 7) is 4.70. The van der Waals surface area contributed by atoms with Crippen LogP contribution in [0.2, 0.25) is 0 Å². The van der Waals surface area contributed by atoms with E-state index in [0.29, 0.717) is 0 Å². The van der Waals surface area contributed by atoms with Crippen LogP contribution in [0.4, 0.5) is 17.1 Å². The van der Waals surface area contributed by atoms with Crippen molar-refractivity contribution in [2.24, 2.45) is 0 Å². The summed E-state index contributed by atoms with van der Waals surface area (Å²) in [5, 5.41) is 4.71. The van der Waals surface area contributed by atoms with Crippen molar-refractivity contribution in [3.8, 4) is 44.5 Å². The minimum absolute atomic E-state index is 0.110. The molecular formula is C55H39NO. The average molecular weight is 730 g/mol. The third kappa shape index (κ3) is 5.33. The molecule has 2 nitrogen and oxygen atoms in total. The second-order valence-corrected chi connectivity index (χ2v) is 15.7. The normalized spacial score (nSPS) is 12.9. The summed E-state index contributed by atoms with van der Waals surface area (Å²) in [5.74, 6) is 0. The van der Waals surface area contributed by atoms with E-state index in [1.54, 1.807) is 0 Å². The second kappa shape index (κ2) is 13.0. The van der Waals surface area contributed by atoms with Crippen molar-refractivity contribution in [1.82, 2.24) is 0 Å². The number of fused-ring (bicyclic) bond motifs is 8.